The summed E-state index contributed by atoms with van der Waals surface area (Å²) in [6, 6.07) is 9.32. The summed E-state index contributed by atoms with van der Waals surface area (Å²) < 4.78 is 16.3. The van der Waals surface area contributed by atoms with Gasteiger partial charge in [-0.3, -0.25) is 0 Å². The minimum atomic E-state index is 0.501. The van der Waals surface area contributed by atoms with E-state index in [9.17, 15) is 0 Å². The summed E-state index contributed by atoms with van der Waals surface area (Å²) in [5.74, 6) is 2.45. The zero-order valence-electron chi connectivity index (χ0n) is 12.2. The van der Waals surface area contributed by atoms with Crippen LogP contribution in [-0.2, 0) is 0 Å². The molecule has 0 aromatic heterocycles. The van der Waals surface area contributed by atoms with Crippen molar-refractivity contribution >= 4 is 5.69 Å². The largest absolute Gasteiger partial charge is 0.493 e. The van der Waals surface area contributed by atoms with Crippen molar-refractivity contribution < 1.29 is 14.2 Å². The van der Waals surface area contributed by atoms with Crippen LogP contribution >= 0.6 is 0 Å². The van der Waals surface area contributed by atoms with Crippen LogP contribution in [0.5, 0.6) is 23.0 Å². The number of methoxy groups -OCH3 is 2. The molecule has 0 aliphatic carbocycles. The van der Waals surface area contributed by atoms with Crippen LogP contribution in [0.3, 0.4) is 0 Å². The van der Waals surface area contributed by atoms with Crippen molar-refractivity contribution in [1.29, 1.82) is 0 Å². The summed E-state index contributed by atoms with van der Waals surface area (Å²) in [5.41, 5.74) is 8.86. The van der Waals surface area contributed by atoms with Crippen molar-refractivity contribution in [2.75, 3.05) is 20.0 Å². The van der Waals surface area contributed by atoms with E-state index in [0.29, 0.717) is 22.9 Å². The Morgan fingerprint density at radius 2 is 1.45 bits per heavy atom. The standard InChI is InChI=1S/C16H19NO3/c1-10-5-6-12(7-11(10)2)20-14-9-16(19-4)15(18-3)8-13(14)17/h5-9H,17H2,1-4H3. The van der Waals surface area contributed by atoms with Crippen LogP contribution in [-0.4, -0.2) is 14.2 Å². The first-order valence-corrected chi connectivity index (χ1v) is 6.31. The number of benzene rings is 2. The number of aryl methyl sites for hydroxylation is 2. The molecule has 0 atom stereocenters. The smallest absolute Gasteiger partial charge is 0.164 e. The van der Waals surface area contributed by atoms with Gasteiger partial charge in [0, 0.05) is 12.1 Å². The Kier molecular flexibility index (Phi) is 4.03. The van der Waals surface area contributed by atoms with Crippen molar-refractivity contribution in [3.05, 3.63) is 41.5 Å². The van der Waals surface area contributed by atoms with Crippen molar-refractivity contribution in [2.24, 2.45) is 0 Å². The fourth-order valence-corrected chi connectivity index (χ4v) is 1.87. The van der Waals surface area contributed by atoms with E-state index in [1.165, 1.54) is 11.1 Å². The van der Waals surface area contributed by atoms with E-state index in [4.69, 9.17) is 19.9 Å². The predicted octanol–water partition coefficient (Wildman–Crippen LogP) is 3.70. The quantitative estimate of drug-likeness (QED) is 0.863. The van der Waals surface area contributed by atoms with E-state index in [1.54, 1.807) is 26.4 Å². The van der Waals surface area contributed by atoms with Gasteiger partial charge in [0.05, 0.1) is 19.9 Å². The lowest BCUT2D eigenvalue weighted by atomic mass is 10.1. The molecule has 0 fully saturated rings. The van der Waals surface area contributed by atoms with Crippen molar-refractivity contribution in [3.8, 4) is 23.0 Å². The topological polar surface area (TPSA) is 53.7 Å². The van der Waals surface area contributed by atoms with Gasteiger partial charge in [-0.25, -0.2) is 0 Å². The van der Waals surface area contributed by atoms with Gasteiger partial charge in [-0.05, 0) is 37.1 Å². The average molecular weight is 273 g/mol. The molecule has 106 valence electrons. The second-order valence-electron chi connectivity index (χ2n) is 4.59. The second kappa shape index (κ2) is 5.74. The third-order valence-electron chi connectivity index (χ3n) is 3.22. The second-order valence-corrected chi connectivity index (χ2v) is 4.59. The van der Waals surface area contributed by atoms with Crippen LogP contribution < -0.4 is 19.9 Å². The zero-order chi connectivity index (χ0) is 14.7. The summed E-state index contributed by atoms with van der Waals surface area (Å²) in [4.78, 5) is 0. The molecule has 0 heterocycles. The van der Waals surface area contributed by atoms with Gasteiger partial charge in [-0.15, -0.1) is 0 Å². The molecule has 0 aliphatic rings. The number of nitrogens with two attached hydrogens (primary N) is 1. The van der Waals surface area contributed by atoms with E-state index in [2.05, 4.69) is 6.92 Å². The Balaban J connectivity index is 2.35. The summed E-state index contributed by atoms with van der Waals surface area (Å²) >= 11 is 0. The summed E-state index contributed by atoms with van der Waals surface area (Å²) in [7, 11) is 3.15. The molecule has 2 aromatic carbocycles. The molecule has 0 radical (unpaired) electrons. The molecule has 0 saturated carbocycles. The molecule has 0 saturated heterocycles. The Labute approximate surface area is 119 Å². The van der Waals surface area contributed by atoms with Gasteiger partial charge in [0.15, 0.2) is 17.2 Å². The van der Waals surface area contributed by atoms with E-state index in [0.717, 1.165) is 5.75 Å². The number of anilines is 1. The van der Waals surface area contributed by atoms with E-state index in [1.807, 2.05) is 25.1 Å². The maximum atomic E-state index is 5.98. The van der Waals surface area contributed by atoms with Crippen LogP contribution in [0.1, 0.15) is 11.1 Å². The fourth-order valence-electron chi connectivity index (χ4n) is 1.87. The van der Waals surface area contributed by atoms with Gasteiger partial charge in [0.1, 0.15) is 5.75 Å². The third-order valence-corrected chi connectivity index (χ3v) is 3.22. The number of rotatable bonds is 4. The fraction of sp³-hybridized carbons (Fsp3) is 0.250. The highest BCUT2D eigenvalue weighted by molar-refractivity contribution is 5.62. The molecule has 0 aliphatic heterocycles. The molecule has 2 aromatic rings. The molecule has 2 N–H and O–H groups in total. The Morgan fingerprint density at radius 3 is 2.05 bits per heavy atom. The normalized spacial score (nSPS) is 10.2. The average Bonchev–Trinajstić information content (AvgIpc) is 2.44. The molecule has 20 heavy (non-hydrogen) atoms. The molecule has 0 unspecified atom stereocenters. The van der Waals surface area contributed by atoms with Crippen LogP contribution in [0.2, 0.25) is 0 Å². The third kappa shape index (κ3) is 2.79. The predicted molar refractivity (Wildman–Crippen MR) is 79.9 cm³/mol. The van der Waals surface area contributed by atoms with Crippen LogP contribution in [0, 0.1) is 13.8 Å². The Bertz CT molecular complexity index is 623. The number of ether oxygens (including phenoxy) is 3. The van der Waals surface area contributed by atoms with Gasteiger partial charge in [0.25, 0.3) is 0 Å². The highest BCUT2D eigenvalue weighted by Crippen LogP contribution is 2.38. The Hall–Kier alpha value is -2.36. The SMILES string of the molecule is COc1cc(N)c(Oc2ccc(C)c(C)c2)cc1OC. The highest BCUT2D eigenvalue weighted by atomic mass is 16.5. The van der Waals surface area contributed by atoms with Crippen molar-refractivity contribution in [2.45, 2.75) is 13.8 Å². The molecule has 0 spiro atoms. The first-order valence-electron chi connectivity index (χ1n) is 6.31. The number of hydrogen-bond acceptors (Lipinski definition) is 4. The summed E-state index contributed by atoms with van der Waals surface area (Å²) in [6.07, 6.45) is 0. The lowest BCUT2D eigenvalue weighted by molar-refractivity contribution is 0.352. The van der Waals surface area contributed by atoms with E-state index >= 15 is 0 Å². The van der Waals surface area contributed by atoms with Gasteiger partial charge in [-0.1, -0.05) is 6.07 Å². The molecule has 4 heteroatoms. The van der Waals surface area contributed by atoms with Gasteiger partial charge in [0.2, 0.25) is 0 Å². The first-order chi connectivity index (χ1) is 9.55. The highest BCUT2D eigenvalue weighted by Gasteiger charge is 2.11. The summed E-state index contributed by atoms with van der Waals surface area (Å²) in [5, 5.41) is 0. The minimum absolute atomic E-state index is 0.501. The molecule has 2 rings (SSSR count). The minimum Gasteiger partial charge on any atom is -0.493 e. The number of hydrogen-bond donors (Lipinski definition) is 1. The van der Waals surface area contributed by atoms with E-state index in [-0.39, 0.29) is 0 Å². The van der Waals surface area contributed by atoms with Gasteiger partial charge in [-0.2, -0.15) is 0 Å². The molecular formula is C16H19NO3. The van der Waals surface area contributed by atoms with Crippen molar-refractivity contribution in [1.82, 2.24) is 0 Å². The lowest BCUT2D eigenvalue weighted by Crippen LogP contribution is -1.97. The van der Waals surface area contributed by atoms with Crippen LogP contribution in [0.15, 0.2) is 30.3 Å². The molecule has 4 nitrogen and oxygen atoms in total. The molecular weight excluding hydrogens is 254 g/mol. The Morgan fingerprint density at radius 1 is 0.800 bits per heavy atom. The van der Waals surface area contributed by atoms with Crippen LogP contribution in [0.4, 0.5) is 5.69 Å². The van der Waals surface area contributed by atoms with Crippen molar-refractivity contribution in [3.63, 3.8) is 0 Å². The lowest BCUT2D eigenvalue weighted by Gasteiger charge is -2.14. The summed E-state index contributed by atoms with van der Waals surface area (Å²) in [6.45, 7) is 4.10. The molecule has 0 amide bonds. The first kappa shape index (κ1) is 14.1. The molecule has 0 bridgehead atoms. The maximum absolute atomic E-state index is 5.98. The maximum Gasteiger partial charge on any atom is 0.164 e. The zero-order valence-corrected chi connectivity index (χ0v) is 12.2. The van der Waals surface area contributed by atoms with Gasteiger partial charge < -0.3 is 19.9 Å². The monoisotopic (exact) mass is 273 g/mol. The number of nitrogen functional groups attached to an aromatic ring is 1. The van der Waals surface area contributed by atoms with Crippen LogP contribution in [0.25, 0.3) is 0 Å². The van der Waals surface area contributed by atoms with E-state index < -0.39 is 0 Å². The van der Waals surface area contributed by atoms with Gasteiger partial charge >= 0.3 is 0 Å².